The molecule has 0 aliphatic carbocycles. The lowest BCUT2D eigenvalue weighted by Crippen LogP contribution is -2.26. The third kappa shape index (κ3) is 6.26. The van der Waals surface area contributed by atoms with Crippen LogP contribution in [0, 0.1) is 6.92 Å². The van der Waals surface area contributed by atoms with E-state index in [1.165, 1.54) is 0 Å². The van der Waals surface area contributed by atoms with Gasteiger partial charge in [-0.05, 0) is 47.5 Å². The van der Waals surface area contributed by atoms with E-state index in [0.717, 1.165) is 14.5 Å². The summed E-state index contributed by atoms with van der Waals surface area (Å²) in [4.78, 5) is 22.3. The number of ether oxygens (including phenoxy) is 1. The number of benzene rings is 1. The van der Waals surface area contributed by atoms with Crippen molar-refractivity contribution in [2.75, 3.05) is 6.61 Å². The van der Waals surface area contributed by atoms with E-state index in [2.05, 4.69) is 42.4 Å². The Morgan fingerprint density at radius 1 is 1.38 bits per heavy atom. The van der Waals surface area contributed by atoms with Crippen LogP contribution in [-0.2, 0) is 9.59 Å². The first-order valence-corrected chi connectivity index (χ1v) is 7.57. The first-order valence-electron chi connectivity index (χ1n) is 5.98. The smallest absolute Gasteiger partial charge is 0.277 e. The monoisotopic (exact) mass is 419 g/mol. The number of nitrogens with one attached hydrogen (secondary N) is 1. The van der Waals surface area contributed by atoms with Gasteiger partial charge in [0, 0.05) is 10.2 Å². The average Bonchev–Trinajstić information content (AvgIpc) is 2.34. The average molecular weight is 421 g/mol. The van der Waals surface area contributed by atoms with Gasteiger partial charge in [-0.2, -0.15) is 5.10 Å². The zero-order chi connectivity index (χ0) is 16.0. The summed E-state index contributed by atoms with van der Waals surface area (Å²) < 4.78 is 7.12. The number of halogens is 2. The van der Waals surface area contributed by atoms with E-state index in [0.29, 0.717) is 11.5 Å². The van der Waals surface area contributed by atoms with Crippen molar-refractivity contribution in [1.82, 2.24) is 5.43 Å². The molecule has 1 aromatic carbocycles. The van der Waals surface area contributed by atoms with E-state index in [1.807, 2.05) is 19.1 Å². The lowest BCUT2D eigenvalue weighted by atomic mass is 10.2. The number of hydrogen-bond donors (Lipinski definition) is 2. The second kappa shape index (κ2) is 8.14. The lowest BCUT2D eigenvalue weighted by molar-refractivity contribution is -0.123. The topological polar surface area (TPSA) is 93.8 Å². The summed E-state index contributed by atoms with van der Waals surface area (Å²) in [6.45, 7) is 3.29. The fourth-order valence-corrected chi connectivity index (χ4v) is 3.04. The third-order valence-corrected chi connectivity index (χ3v) is 3.39. The van der Waals surface area contributed by atoms with Gasteiger partial charge in [0.05, 0.1) is 10.9 Å². The Kier molecular flexibility index (Phi) is 6.83. The van der Waals surface area contributed by atoms with Crippen LogP contribution in [0.25, 0.3) is 0 Å². The van der Waals surface area contributed by atoms with Gasteiger partial charge in [0.1, 0.15) is 5.75 Å². The SMILES string of the molecule is CC(CC(N)=O)=NNC(=O)COc1c(C)cc(Br)cc1Br. The molecule has 21 heavy (non-hydrogen) atoms. The first-order chi connectivity index (χ1) is 9.79. The van der Waals surface area contributed by atoms with Crippen LogP contribution in [0.1, 0.15) is 18.9 Å². The van der Waals surface area contributed by atoms with Gasteiger partial charge in [0.2, 0.25) is 5.91 Å². The summed E-state index contributed by atoms with van der Waals surface area (Å²) in [5.74, 6) is -0.338. The van der Waals surface area contributed by atoms with Crippen LogP contribution in [0.15, 0.2) is 26.2 Å². The highest BCUT2D eigenvalue weighted by Crippen LogP contribution is 2.32. The van der Waals surface area contributed by atoms with Crippen molar-refractivity contribution in [3.8, 4) is 5.75 Å². The van der Waals surface area contributed by atoms with Crippen molar-refractivity contribution in [2.24, 2.45) is 10.8 Å². The molecule has 2 amide bonds. The molecule has 0 radical (unpaired) electrons. The van der Waals surface area contributed by atoms with Gasteiger partial charge in [-0.15, -0.1) is 0 Å². The Labute approximate surface area is 139 Å². The van der Waals surface area contributed by atoms with E-state index in [-0.39, 0.29) is 13.0 Å². The van der Waals surface area contributed by atoms with E-state index in [9.17, 15) is 9.59 Å². The molecular weight excluding hydrogens is 406 g/mol. The van der Waals surface area contributed by atoms with Crippen LogP contribution in [0.5, 0.6) is 5.75 Å². The highest BCUT2D eigenvalue weighted by molar-refractivity contribution is 9.11. The van der Waals surface area contributed by atoms with E-state index in [1.54, 1.807) is 6.92 Å². The number of hydrazone groups is 1. The Bertz CT molecular complexity index is 565. The minimum Gasteiger partial charge on any atom is -0.482 e. The number of nitrogens with two attached hydrogens (primary N) is 1. The molecule has 0 aliphatic heterocycles. The highest BCUT2D eigenvalue weighted by atomic mass is 79.9. The van der Waals surface area contributed by atoms with Gasteiger partial charge in [0.25, 0.3) is 5.91 Å². The molecule has 0 saturated carbocycles. The fourth-order valence-electron chi connectivity index (χ4n) is 1.49. The summed E-state index contributed by atoms with van der Waals surface area (Å²) in [7, 11) is 0. The number of carbonyl (C=O) groups excluding carboxylic acids is 2. The molecule has 1 aromatic rings. The van der Waals surface area contributed by atoms with Crippen LogP contribution in [-0.4, -0.2) is 24.1 Å². The maximum Gasteiger partial charge on any atom is 0.277 e. The van der Waals surface area contributed by atoms with Gasteiger partial charge in [-0.25, -0.2) is 5.43 Å². The van der Waals surface area contributed by atoms with E-state index in [4.69, 9.17) is 10.5 Å². The molecule has 0 bridgehead atoms. The standard InChI is InChI=1S/C13H15Br2N3O3/c1-7-3-9(14)5-10(15)13(7)21-6-12(20)18-17-8(2)4-11(16)19/h3,5H,4,6H2,1-2H3,(H2,16,19)(H,18,20). The Hall–Kier alpha value is -1.41. The minimum absolute atomic E-state index is 0.00148. The molecule has 0 saturated heterocycles. The predicted octanol–water partition coefficient (Wildman–Crippen LogP) is 2.27. The summed E-state index contributed by atoms with van der Waals surface area (Å²) >= 11 is 6.74. The van der Waals surface area contributed by atoms with E-state index >= 15 is 0 Å². The Morgan fingerprint density at radius 2 is 2.05 bits per heavy atom. The molecule has 6 nitrogen and oxygen atoms in total. The van der Waals surface area contributed by atoms with Crippen molar-refractivity contribution < 1.29 is 14.3 Å². The van der Waals surface area contributed by atoms with Crippen LogP contribution in [0.4, 0.5) is 0 Å². The number of primary amides is 1. The van der Waals surface area contributed by atoms with Gasteiger partial charge >= 0.3 is 0 Å². The first kappa shape index (κ1) is 17.6. The minimum atomic E-state index is -0.504. The summed E-state index contributed by atoms with van der Waals surface area (Å²) in [5.41, 5.74) is 8.63. The summed E-state index contributed by atoms with van der Waals surface area (Å²) in [6.07, 6.45) is -0.00148. The van der Waals surface area contributed by atoms with Crippen molar-refractivity contribution in [1.29, 1.82) is 0 Å². The Morgan fingerprint density at radius 3 is 2.62 bits per heavy atom. The maximum absolute atomic E-state index is 11.6. The van der Waals surface area contributed by atoms with Crippen LogP contribution in [0.2, 0.25) is 0 Å². The maximum atomic E-state index is 11.6. The van der Waals surface area contributed by atoms with Gasteiger partial charge in [-0.3, -0.25) is 9.59 Å². The largest absolute Gasteiger partial charge is 0.482 e. The fraction of sp³-hybridized carbons (Fsp3) is 0.308. The number of hydrogen-bond acceptors (Lipinski definition) is 4. The van der Waals surface area contributed by atoms with Gasteiger partial charge in [0.15, 0.2) is 6.61 Å². The van der Waals surface area contributed by atoms with Crippen molar-refractivity contribution in [3.05, 3.63) is 26.6 Å². The predicted molar refractivity (Wildman–Crippen MR) is 87.1 cm³/mol. The number of nitrogens with zero attached hydrogens (tertiary/aromatic N) is 1. The summed E-state index contributed by atoms with van der Waals surface area (Å²) in [6, 6.07) is 3.71. The molecule has 0 unspecified atom stereocenters. The van der Waals surface area contributed by atoms with Gasteiger partial charge < -0.3 is 10.5 Å². The highest BCUT2D eigenvalue weighted by Gasteiger charge is 2.09. The number of carbonyl (C=O) groups is 2. The normalized spacial score (nSPS) is 11.1. The van der Waals surface area contributed by atoms with Crippen LogP contribution >= 0.6 is 31.9 Å². The molecule has 0 fully saturated rings. The molecule has 0 atom stereocenters. The third-order valence-electron chi connectivity index (χ3n) is 2.34. The number of rotatable bonds is 6. The van der Waals surface area contributed by atoms with Crippen LogP contribution in [0.3, 0.4) is 0 Å². The lowest BCUT2D eigenvalue weighted by Gasteiger charge is -2.11. The van der Waals surface area contributed by atoms with Crippen molar-refractivity contribution in [3.63, 3.8) is 0 Å². The van der Waals surface area contributed by atoms with Crippen molar-refractivity contribution in [2.45, 2.75) is 20.3 Å². The number of aryl methyl sites for hydroxylation is 1. The molecule has 0 aliphatic rings. The molecule has 0 heterocycles. The molecule has 0 aromatic heterocycles. The number of amides is 2. The molecular formula is C13H15Br2N3O3. The van der Waals surface area contributed by atoms with E-state index < -0.39 is 11.8 Å². The molecule has 0 spiro atoms. The molecule has 3 N–H and O–H groups in total. The summed E-state index contributed by atoms with van der Waals surface area (Å²) in [5, 5.41) is 3.75. The quantitative estimate of drug-likeness (QED) is 0.545. The molecule has 1 rings (SSSR count). The Balaban J connectivity index is 2.56. The van der Waals surface area contributed by atoms with Crippen LogP contribution < -0.4 is 15.9 Å². The zero-order valence-electron chi connectivity index (χ0n) is 11.6. The molecule has 8 heteroatoms. The zero-order valence-corrected chi connectivity index (χ0v) is 14.7. The van der Waals surface area contributed by atoms with Crippen molar-refractivity contribution >= 4 is 49.4 Å². The van der Waals surface area contributed by atoms with Gasteiger partial charge in [-0.1, -0.05) is 15.9 Å². The second-order valence-corrected chi connectivity index (χ2v) is 6.12. The second-order valence-electron chi connectivity index (χ2n) is 4.35. The molecule has 114 valence electrons.